The summed E-state index contributed by atoms with van der Waals surface area (Å²) in [5.41, 5.74) is 0.691. The normalized spacial score (nSPS) is 28.0. The lowest BCUT2D eigenvalue weighted by molar-refractivity contribution is 0.107. The number of nitrogens with zero attached hydrogens (tertiary/aromatic N) is 4. The van der Waals surface area contributed by atoms with Crippen molar-refractivity contribution < 1.29 is 23.0 Å². The second kappa shape index (κ2) is 10.2. The molecular formula is C35H36F3N5O2. The number of anilines is 1. The Morgan fingerprint density at radius 3 is 2.64 bits per heavy atom. The van der Waals surface area contributed by atoms with E-state index in [0.717, 1.165) is 61.4 Å². The number of phenolic OH excluding ortho intramolecular Hbond substituents is 1. The van der Waals surface area contributed by atoms with Crippen molar-refractivity contribution in [1.29, 1.82) is 0 Å². The van der Waals surface area contributed by atoms with Gasteiger partial charge in [-0.1, -0.05) is 18.2 Å². The molecule has 4 aliphatic heterocycles. The van der Waals surface area contributed by atoms with Gasteiger partial charge in [0.05, 0.1) is 11.1 Å². The Balaban J connectivity index is 1.21. The third-order valence-corrected chi connectivity index (χ3v) is 10.9. The number of hydrogen-bond donors (Lipinski definition) is 2. The maximum absolute atomic E-state index is 17.0. The van der Waals surface area contributed by atoms with Crippen LogP contribution in [0.4, 0.5) is 19.0 Å². The van der Waals surface area contributed by atoms with Gasteiger partial charge in [0.2, 0.25) is 0 Å². The Labute approximate surface area is 259 Å². The first kappa shape index (κ1) is 27.7. The van der Waals surface area contributed by atoms with E-state index >= 15 is 8.78 Å². The number of rotatable bonds is 6. The quantitative estimate of drug-likeness (QED) is 0.267. The van der Waals surface area contributed by atoms with Crippen molar-refractivity contribution in [3.05, 3.63) is 53.6 Å². The maximum atomic E-state index is 17.0. The number of phenols is 1. The Kier molecular flexibility index (Phi) is 6.26. The highest BCUT2D eigenvalue weighted by molar-refractivity contribution is 6.03. The minimum atomic E-state index is -0.904. The van der Waals surface area contributed by atoms with Gasteiger partial charge in [-0.25, -0.2) is 13.2 Å². The number of hydrogen-bond acceptors (Lipinski definition) is 7. The van der Waals surface area contributed by atoms with E-state index in [1.54, 1.807) is 6.07 Å². The molecule has 2 bridgehead atoms. The average Bonchev–Trinajstić information content (AvgIpc) is 3.62. The number of piperazine rings is 1. The summed E-state index contributed by atoms with van der Waals surface area (Å²) in [7, 11) is 0. The van der Waals surface area contributed by atoms with Gasteiger partial charge in [-0.05, 0) is 91.1 Å². The van der Waals surface area contributed by atoms with Crippen molar-refractivity contribution in [1.82, 2.24) is 20.2 Å². The molecular weight excluding hydrogens is 579 g/mol. The third kappa shape index (κ3) is 4.54. The molecule has 234 valence electrons. The minimum absolute atomic E-state index is 0.0165. The molecule has 9 rings (SSSR count). The van der Waals surface area contributed by atoms with E-state index in [1.165, 1.54) is 12.1 Å². The van der Waals surface area contributed by atoms with E-state index in [0.29, 0.717) is 48.7 Å². The largest absolute Gasteiger partial charge is 0.508 e. The van der Waals surface area contributed by atoms with Crippen molar-refractivity contribution in [2.45, 2.75) is 74.7 Å². The first-order chi connectivity index (χ1) is 21.8. The zero-order valence-electron chi connectivity index (χ0n) is 25.0. The summed E-state index contributed by atoms with van der Waals surface area (Å²) in [5, 5.41) is 16.0. The van der Waals surface area contributed by atoms with E-state index < -0.39 is 23.3 Å². The summed E-state index contributed by atoms with van der Waals surface area (Å²) >= 11 is 0. The standard InChI is InChI=1S/C35H36F3N5O2/c36-21-14-35(9-2-10-43(35)15-21)18-45-34-40-32-27(33(41-34)42-16-22-7-8-23(17-42)39-22)13-28(37)30(31(32)38)26-12-24(44)11-20-3-1-4-25(29(20)26)19-5-6-19/h1,3-4,11-13,19,21-23,39,44H,2,5-10,14-18H2/t21?,22?,23?,35-/m0/s1. The summed E-state index contributed by atoms with van der Waals surface area (Å²) in [4.78, 5) is 13.6. The van der Waals surface area contributed by atoms with Gasteiger partial charge >= 0.3 is 6.01 Å². The monoisotopic (exact) mass is 615 g/mol. The summed E-state index contributed by atoms with van der Waals surface area (Å²) in [6.07, 6.45) is 5.41. The van der Waals surface area contributed by atoms with Gasteiger partial charge in [0.15, 0.2) is 5.82 Å². The number of aromatic nitrogens is 2. The number of alkyl halides is 1. The lowest BCUT2D eigenvalue weighted by atomic mass is 9.91. The molecule has 3 unspecified atom stereocenters. The summed E-state index contributed by atoms with van der Waals surface area (Å²) < 4.78 is 54.1. The van der Waals surface area contributed by atoms with E-state index in [2.05, 4.69) is 20.1 Å². The SMILES string of the molecule is Oc1cc(-c2c(F)cc3c(N4CC5CCC(C4)N5)nc(OC[C@@]45CCCN4CC(F)C5)nc3c2F)c2c(C3CC3)cccc2c1. The van der Waals surface area contributed by atoms with Crippen LogP contribution in [0.2, 0.25) is 0 Å². The van der Waals surface area contributed by atoms with Crippen LogP contribution >= 0.6 is 0 Å². The van der Waals surface area contributed by atoms with Crippen molar-refractivity contribution in [2.75, 3.05) is 37.7 Å². The van der Waals surface area contributed by atoms with Crippen LogP contribution in [0.15, 0.2) is 36.4 Å². The van der Waals surface area contributed by atoms with Crippen LogP contribution in [0, 0.1) is 11.6 Å². The lowest BCUT2D eigenvalue weighted by Gasteiger charge is -2.34. The number of fused-ring (bicyclic) bond motifs is 5. The zero-order chi connectivity index (χ0) is 30.4. The van der Waals surface area contributed by atoms with E-state index in [4.69, 9.17) is 9.72 Å². The molecule has 4 saturated heterocycles. The van der Waals surface area contributed by atoms with Crippen molar-refractivity contribution in [2.24, 2.45) is 0 Å². The molecule has 5 fully saturated rings. The van der Waals surface area contributed by atoms with Crippen LogP contribution in [-0.4, -0.2) is 76.6 Å². The van der Waals surface area contributed by atoms with Gasteiger partial charge in [-0.3, -0.25) is 4.90 Å². The van der Waals surface area contributed by atoms with Gasteiger partial charge in [-0.15, -0.1) is 0 Å². The smallest absolute Gasteiger partial charge is 0.319 e. The van der Waals surface area contributed by atoms with Gasteiger partial charge < -0.3 is 20.1 Å². The molecule has 4 atom stereocenters. The minimum Gasteiger partial charge on any atom is -0.508 e. The van der Waals surface area contributed by atoms with Crippen LogP contribution < -0.4 is 15.0 Å². The topological polar surface area (TPSA) is 73.8 Å². The summed E-state index contributed by atoms with van der Waals surface area (Å²) in [5.74, 6) is -0.812. The Morgan fingerprint density at radius 2 is 1.84 bits per heavy atom. The molecule has 1 saturated carbocycles. The Bertz CT molecular complexity index is 1840. The van der Waals surface area contributed by atoms with Crippen LogP contribution in [0.3, 0.4) is 0 Å². The highest BCUT2D eigenvalue weighted by Crippen LogP contribution is 2.48. The Hall–Kier alpha value is -3.63. The highest BCUT2D eigenvalue weighted by Gasteiger charge is 2.49. The van der Waals surface area contributed by atoms with Crippen LogP contribution in [0.1, 0.15) is 56.4 Å². The lowest BCUT2D eigenvalue weighted by Crippen LogP contribution is -2.51. The number of aromatic hydroxyl groups is 1. The van der Waals surface area contributed by atoms with Gasteiger partial charge in [0, 0.05) is 43.5 Å². The van der Waals surface area contributed by atoms with E-state index in [-0.39, 0.29) is 41.5 Å². The maximum Gasteiger partial charge on any atom is 0.319 e. The van der Waals surface area contributed by atoms with Gasteiger partial charge in [0.1, 0.15) is 35.7 Å². The third-order valence-electron chi connectivity index (χ3n) is 10.9. The molecule has 7 nitrogen and oxygen atoms in total. The molecule has 0 amide bonds. The van der Waals surface area contributed by atoms with Crippen LogP contribution in [0.5, 0.6) is 11.8 Å². The fraction of sp³-hybridized carbons (Fsp3) is 0.486. The van der Waals surface area contributed by atoms with Crippen molar-refractivity contribution in [3.8, 4) is 22.9 Å². The Morgan fingerprint density at radius 1 is 1.02 bits per heavy atom. The average molecular weight is 616 g/mol. The molecule has 5 aliphatic rings. The molecule has 4 aromatic rings. The fourth-order valence-electron chi connectivity index (χ4n) is 8.70. The predicted molar refractivity (Wildman–Crippen MR) is 167 cm³/mol. The molecule has 10 heteroatoms. The molecule has 3 aromatic carbocycles. The molecule has 45 heavy (non-hydrogen) atoms. The van der Waals surface area contributed by atoms with Crippen LogP contribution in [0.25, 0.3) is 32.8 Å². The fourth-order valence-corrected chi connectivity index (χ4v) is 8.70. The predicted octanol–water partition coefficient (Wildman–Crippen LogP) is 6.21. The number of halogens is 3. The first-order valence-electron chi connectivity index (χ1n) is 16.3. The molecule has 0 spiro atoms. The second-order valence-electron chi connectivity index (χ2n) is 13.9. The molecule has 2 N–H and O–H groups in total. The van der Waals surface area contributed by atoms with Crippen molar-refractivity contribution in [3.63, 3.8) is 0 Å². The van der Waals surface area contributed by atoms with Crippen molar-refractivity contribution >= 4 is 27.5 Å². The molecule has 5 heterocycles. The molecule has 0 radical (unpaired) electrons. The van der Waals surface area contributed by atoms with E-state index in [1.807, 2.05) is 18.2 Å². The first-order valence-corrected chi connectivity index (χ1v) is 16.3. The molecule has 1 aromatic heterocycles. The summed E-state index contributed by atoms with van der Waals surface area (Å²) in [6.45, 7) is 2.76. The second-order valence-corrected chi connectivity index (χ2v) is 13.9. The number of nitrogens with one attached hydrogen (secondary N) is 1. The number of ether oxygens (including phenoxy) is 1. The van der Waals surface area contributed by atoms with Crippen LogP contribution in [-0.2, 0) is 0 Å². The zero-order valence-corrected chi connectivity index (χ0v) is 25.0. The van der Waals surface area contributed by atoms with Gasteiger partial charge in [0.25, 0.3) is 0 Å². The summed E-state index contributed by atoms with van der Waals surface area (Å²) in [6, 6.07) is 10.8. The highest BCUT2D eigenvalue weighted by atomic mass is 19.1. The van der Waals surface area contributed by atoms with Gasteiger partial charge in [-0.2, -0.15) is 9.97 Å². The molecule has 1 aliphatic carbocycles. The van der Waals surface area contributed by atoms with E-state index in [9.17, 15) is 9.50 Å². The number of benzene rings is 3.